The first-order valence-electron chi connectivity index (χ1n) is 9.92. The molecule has 1 saturated carbocycles. The van der Waals surface area contributed by atoms with Crippen molar-refractivity contribution >= 4 is 16.7 Å². The van der Waals surface area contributed by atoms with E-state index < -0.39 is 0 Å². The minimum atomic E-state index is 0.0562. The van der Waals surface area contributed by atoms with Gasteiger partial charge in [-0.25, -0.2) is 4.79 Å². The molecule has 0 atom stereocenters. The first-order chi connectivity index (χ1) is 14.1. The van der Waals surface area contributed by atoms with E-state index in [0.717, 1.165) is 34.5 Å². The number of hydrogen-bond donors (Lipinski definition) is 1. The van der Waals surface area contributed by atoms with Gasteiger partial charge < -0.3 is 10.5 Å². The van der Waals surface area contributed by atoms with Crippen molar-refractivity contribution in [2.75, 3.05) is 5.73 Å². The van der Waals surface area contributed by atoms with Crippen molar-refractivity contribution in [1.82, 2.24) is 9.13 Å². The van der Waals surface area contributed by atoms with Crippen LogP contribution in [0.15, 0.2) is 71.5 Å². The lowest BCUT2D eigenvalue weighted by atomic mass is 10.0. The highest BCUT2D eigenvalue weighted by Crippen LogP contribution is 2.33. The summed E-state index contributed by atoms with van der Waals surface area (Å²) in [7, 11) is 1.84. The SMILES string of the molecule is Cn1c(=O)n(CC2CC2)c2ccc(-c3cccc(Oc4ccccc4N)c3)cc21. The fraction of sp³-hybridized carbons (Fsp3) is 0.208. The van der Waals surface area contributed by atoms with E-state index in [0.29, 0.717) is 17.4 Å². The zero-order valence-corrected chi connectivity index (χ0v) is 16.3. The highest BCUT2D eigenvalue weighted by atomic mass is 16.5. The molecule has 0 spiro atoms. The van der Waals surface area contributed by atoms with Crippen molar-refractivity contribution in [2.45, 2.75) is 19.4 Å². The Labute approximate surface area is 169 Å². The van der Waals surface area contributed by atoms with Gasteiger partial charge in [-0.2, -0.15) is 0 Å². The Kier molecular flexibility index (Phi) is 4.16. The number of anilines is 1. The van der Waals surface area contributed by atoms with Crippen LogP contribution < -0.4 is 16.2 Å². The average molecular weight is 385 g/mol. The Hall–Kier alpha value is -3.47. The van der Waals surface area contributed by atoms with Gasteiger partial charge in [0.25, 0.3) is 0 Å². The Morgan fingerprint density at radius 3 is 2.55 bits per heavy atom. The lowest BCUT2D eigenvalue weighted by molar-refractivity contribution is 0.485. The van der Waals surface area contributed by atoms with Crippen LogP contribution in [0.1, 0.15) is 12.8 Å². The van der Waals surface area contributed by atoms with Crippen LogP contribution in [0.2, 0.25) is 0 Å². The molecular weight excluding hydrogens is 362 g/mol. The molecule has 5 rings (SSSR count). The Bertz CT molecular complexity index is 1260. The minimum absolute atomic E-state index is 0.0562. The molecule has 5 heteroatoms. The van der Waals surface area contributed by atoms with Crippen LogP contribution in [-0.2, 0) is 13.6 Å². The van der Waals surface area contributed by atoms with E-state index in [1.807, 2.05) is 60.1 Å². The topological polar surface area (TPSA) is 62.2 Å². The third kappa shape index (κ3) is 3.29. The first-order valence-corrected chi connectivity index (χ1v) is 9.92. The molecule has 0 unspecified atom stereocenters. The van der Waals surface area contributed by atoms with Gasteiger partial charge in [0, 0.05) is 13.6 Å². The third-order valence-corrected chi connectivity index (χ3v) is 5.60. The van der Waals surface area contributed by atoms with E-state index in [1.54, 1.807) is 4.57 Å². The van der Waals surface area contributed by atoms with Gasteiger partial charge >= 0.3 is 5.69 Å². The van der Waals surface area contributed by atoms with Crippen molar-refractivity contribution in [3.8, 4) is 22.6 Å². The Balaban J connectivity index is 1.51. The zero-order chi connectivity index (χ0) is 20.0. The number of rotatable bonds is 5. The predicted molar refractivity (Wildman–Crippen MR) is 116 cm³/mol. The van der Waals surface area contributed by atoms with Crippen LogP contribution in [-0.4, -0.2) is 9.13 Å². The van der Waals surface area contributed by atoms with Crippen molar-refractivity contribution in [1.29, 1.82) is 0 Å². The summed E-state index contributed by atoms with van der Waals surface area (Å²) in [6.45, 7) is 0.817. The number of fused-ring (bicyclic) bond motifs is 1. The van der Waals surface area contributed by atoms with E-state index >= 15 is 0 Å². The number of aromatic nitrogens is 2. The molecule has 1 aliphatic rings. The van der Waals surface area contributed by atoms with Crippen LogP contribution in [0.5, 0.6) is 11.5 Å². The van der Waals surface area contributed by atoms with Gasteiger partial charge in [0.2, 0.25) is 0 Å². The molecule has 5 nitrogen and oxygen atoms in total. The molecule has 29 heavy (non-hydrogen) atoms. The van der Waals surface area contributed by atoms with E-state index in [2.05, 4.69) is 18.2 Å². The summed E-state index contributed by atoms with van der Waals surface area (Å²) in [5, 5.41) is 0. The molecular formula is C24H23N3O2. The van der Waals surface area contributed by atoms with E-state index in [9.17, 15) is 4.79 Å². The van der Waals surface area contributed by atoms with Gasteiger partial charge in [0.05, 0.1) is 16.7 Å². The number of nitrogen functional groups attached to an aromatic ring is 1. The number of para-hydroxylation sites is 2. The van der Waals surface area contributed by atoms with Gasteiger partial charge in [0.15, 0.2) is 0 Å². The predicted octanol–water partition coefficient (Wildman–Crippen LogP) is 4.79. The maximum Gasteiger partial charge on any atom is 0.328 e. The van der Waals surface area contributed by atoms with Crippen LogP contribution in [0.25, 0.3) is 22.2 Å². The molecule has 0 radical (unpaired) electrons. The van der Waals surface area contributed by atoms with E-state index in [4.69, 9.17) is 10.5 Å². The second-order valence-electron chi connectivity index (χ2n) is 7.77. The normalized spacial score (nSPS) is 13.7. The fourth-order valence-corrected chi connectivity index (χ4v) is 3.76. The van der Waals surface area contributed by atoms with E-state index in [1.165, 1.54) is 12.8 Å². The highest BCUT2D eigenvalue weighted by molar-refractivity contribution is 5.83. The molecule has 0 amide bonds. The van der Waals surface area contributed by atoms with Gasteiger partial charge in [0.1, 0.15) is 11.5 Å². The minimum Gasteiger partial charge on any atom is -0.455 e. The standard InChI is InChI=1S/C24H23N3O2/c1-26-22-14-18(11-12-21(22)27(24(26)28)15-16-9-10-16)17-5-4-6-19(13-17)29-23-8-3-2-7-20(23)25/h2-8,11-14,16H,9-10,15,25H2,1H3. The number of aryl methyl sites for hydroxylation is 1. The van der Waals surface area contributed by atoms with E-state index in [-0.39, 0.29) is 5.69 Å². The third-order valence-electron chi connectivity index (χ3n) is 5.60. The molecule has 0 bridgehead atoms. The van der Waals surface area contributed by atoms with Gasteiger partial charge in [-0.15, -0.1) is 0 Å². The van der Waals surface area contributed by atoms with Crippen LogP contribution in [0.3, 0.4) is 0 Å². The molecule has 1 aromatic heterocycles. The summed E-state index contributed by atoms with van der Waals surface area (Å²) in [5.74, 6) is 2.01. The van der Waals surface area contributed by atoms with Crippen molar-refractivity contribution in [3.05, 3.63) is 77.2 Å². The molecule has 1 fully saturated rings. The molecule has 4 aromatic rings. The second-order valence-corrected chi connectivity index (χ2v) is 7.77. The summed E-state index contributed by atoms with van der Waals surface area (Å²) in [6, 6.07) is 21.6. The number of imidazole rings is 1. The number of hydrogen-bond acceptors (Lipinski definition) is 3. The summed E-state index contributed by atoms with van der Waals surface area (Å²) in [5.41, 5.74) is 10.7. The maximum absolute atomic E-state index is 12.7. The quantitative estimate of drug-likeness (QED) is 0.502. The molecule has 3 aromatic carbocycles. The number of ether oxygens (including phenoxy) is 1. The second kappa shape index (κ2) is 6.85. The maximum atomic E-state index is 12.7. The van der Waals surface area contributed by atoms with Crippen LogP contribution in [0.4, 0.5) is 5.69 Å². The van der Waals surface area contributed by atoms with Crippen molar-refractivity contribution in [3.63, 3.8) is 0 Å². The average Bonchev–Trinajstić information content (AvgIpc) is 3.53. The molecule has 1 heterocycles. The summed E-state index contributed by atoms with van der Waals surface area (Å²) >= 11 is 0. The lowest BCUT2D eigenvalue weighted by Crippen LogP contribution is -2.22. The summed E-state index contributed by atoms with van der Waals surface area (Å²) in [6.07, 6.45) is 2.44. The van der Waals surface area contributed by atoms with Crippen LogP contribution in [0, 0.1) is 5.92 Å². The monoisotopic (exact) mass is 385 g/mol. The van der Waals surface area contributed by atoms with Gasteiger partial charge in [-0.3, -0.25) is 9.13 Å². The first kappa shape index (κ1) is 17.6. The molecule has 1 aliphatic carbocycles. The summed E-state index contributed by atoms with van der Waals surface area (Å²) in [4.78, 5) is 12.7. The molecule has 0 saturated heterocycles. The lowest BCUT2D eigenvalue weighted by Gasteiger charge is -2.10. The van der Waals surface area contributed by atoms with Gasteiger partial charge in [-0.05, 0) is 66.3 Å². The number of benzene rings is 3. The fourth-order valence-electron chi connectivity index (χ4n) is 3.76. The molecule has 146 valence electrons. The largest absolute Gasteiger partial charge is 0.455 e. The smallest absolute Gasteiger partial charge is 0.328 e. The Morgan fingerprint density at radius 2 is 1.76 bits per heavy atom. The van der Waals surface area contributed by atoms with Crippen LogP contribution >= 0.6 is 0 Å². The zero-order valence-electron chi connectivity index (χ0n) is 16.3. The van der Waals surface area contributed by atoms with Crippen molar-refractivity contribution < 1.29 is 4.74 Å². The molecule has 0 aliphatic heterocycles. The van der Waals surface area contributed by atoms with Gasteiger partial charge in [-0.1, -0.05) is 30.3 Å². The highest BCUT2D eigenvalue weighted by Gasteiger charge is 2.24. The summed E-state index contributed by atoms with van der Waals surface area (Å²) < 4.78 is 9.63. The number of nitrogens with two attached hydrogens (primary N) is 1. The Morgan fingerprint density at radius 1 is 0.966 bits per heavy atom. The van der Waals surface area contributed by atoms with Crippen molar-refractivity contribution in [2.24, 2.45) is 13.0 Å². The number of nitrogens with zero attached hydrogens (tertiary/aromatic N) is 2. The molecule has 2 N–H and O–H groups in total.